The second kappa shape index (κ2) is 60.2. The van der Waals surface area contributed by atoms with Gasteiger partial charge in [0.2, 0.25) is 0 Å². The third-order valence-corrected chi connectivity index (χ3v) is 14.1. The fourth-order valence-electron chi connectivity index (χ4n) is 9.39. The molecule has 1 unspecified atom stereocenters. The van der Waals surface area contributed by atoms with Gasteiger partial charge >= 0.3 is 17.9 Å². The summed E-state index contributed by atoms with van der Waals surface area (Å²) in [6.45, 7) is 6.63. The number of esters is 3. The Hall–Kier alpha value is -2.37. The predicted octanol–water partition coefficient (Wildman–Crippen LogP) is 21.2. The van der Waals surface area contributed by atoms with Crippen LogP contribution in [0.4, 0.5) is 0 Å². The van der Waals surface area contributed by atoms with E-state index in [1.54, 1.807) is 0 Å². The van der Waals surface area contributed by atoms with E-state index in [0.29, 0.717) is 19.3 Å². The van der Waals surface area contributed by atoms with Gasteiger partial charge in [-0.1, -0.05) is 301 Å². The van der Waals surface area contributed by atoms with E-state index in [0.717, 1.165) is 70.6 Å². The van der Waals surface area contributed by atoms with Gasteiger partial charge in [-0.25, -0.2) is 0 Å². The summed E-state index contributed by atoms with van der Waals surface area (Å²) in [6.07, 6.45) is 73.3. The van der Waals surface area contributed by atoms with Crippen LogP contribution in [-0.4, -0.2) is 37.2 Å². The predicted molar refractivity (Wildman–Crippen MR) is 307 cm³/mol. The molecule has 0 heterocycles. The monoisotopic (exact) mass is 997 g/mol. The van der Waals surface area contributed by atoms with Gasteiger partial charge in [0.15, 0.2) is 6.10 Å². The van der Waals surface area contributed by atoms with Crippen LogP contribution in [0.3, 0.4) is 0 Å². The van der Waals surface area contributed by atoms with E-state index in [1.165, 1.54) is 231 Å². The van der Waals surface area contributed by atoms with Crippen LogP contribution < -0.4 is 0 Å². The number of unbranched alkanes of at least 4 members (excludes halogenated alkanes) is 41. The maximum Gasteiger partial charge on any atom is 0.306 e. The van der Waals surface area contributed by atoms with E-state index in [9.17, 15) is 14.4 Å². The molecule has 0 radical (unpaired) electrons. The van der Waals surface area contributed by atoms with Crippen LogP contribution in [0, 0.1) is 0 Å². The first-order valence-corrected chi connectivity index (χ1v) is 31.5. The van der Waals surface area contributed by atoms with Crippen molar-refractivity contribution in [2.45, 2.75) is 348 Å². The summed E-state index contributed by atoms with van der Waals surface area (Å²) in [7, 11) is 0. The first-order valence-electron chi connectivity index (χ1n) is 31.5. The van der Waals surface area contributed by atoms with Crippen molar-refractivity contribution in [3.05, 3.63) is 36.5 Å². The van der Waals surface area contributed by atoms with Crippen molar-refractivity contribution < 1.29 is 28.6 Å². The fraction of sp³-hybridized carbons (Fsp3) is 0.862. The molecule has 0 aromatic heterocycles. The molecule has 0 amide bonds. The van der Waals surface area contributed by atoms with E-state index in [-0.39, 0.29) is 31.1 Å². The molecular formula is C65H120O6. The molecule has 6 nitrogen and oxygen atoms in total. The molecule has 0 aromatic carbocycles. The normalized spacial score (nSPS) is 12.2. The molecule has 0 spiro atoms. The van der Waals surface area contributed by atoms with E-state index in [1.807, 2.05) is 0 Å². The van der Waals surface area contributed by atoms with Crippen molar-refractivity contribution in [1.82, 2.24) is 0 Å². The lowest BCUT2D eigenvalue weighted by atomic mass is 10.0. The van der Waals surface area contributed by atoms with Crippen LogP contribution in [0.5, 0.6) is 0 Å². The van der Waals surface area contributed by atoms with Gasteiger partial charge in [0.1, 0.15) is 13.2 Å². The average Bonchev–Trinajstić information content (AvgIpc) is 3.37. The van der Waals surface area contributed by atoms with Crippen LogP contribution in [0.1, 0.15) is 342 Å². The zero-order valence-electron chi connectivity index (χ0n) is 47.8. The molecule has 0 aliphatic rings. The van der Waals surface area contributed by atoms with Crippen LogP contribution in [-0.2, 0) is 28.6 Å². The molecule has 71 heavy (non-hydrogen) atoms. The lowest BCUT2D eigenvalue weighted by Gasteiger charge is -2.18. The molecule has 416 valence electrons. The molecule has 1 atom stereocenters. The Labute approximate surface area is 442 Å². The molecule has 0 aromatic rings. The number of hydrogen-bond donors (Lipinski definition) is 0. The van der Waals surface area contributed by atoms with Crippen LogP contribution >= 0.6 is 0 Å². The minimum Gasteiger partial charge on any atom is -0.462 e. The minimum absolute atomic E-state index is 0.0665. The second-order valence-electron chi connectivity index (χ2n) is 21.3. The number of hydrogen-bond acceptors (Lipinski definition) is 6. The van der Waals surface area contributed by atoms with Gasteiger partial charge in [-0.3, -0.25) is 14.4 Å². The molecule has 0 saturated heterocycles. The summed E-state index contributed by atoms with van der Waals surface area (Å²) in [6, 6.07) is 0. The van der Waals surface area contributed by atoms with Crippen molar-refractivity contribution in [3.63, 3.8) is 0 Å². The maximum absolute atomic E-state index is 12.8. The Morgan fingerprint density at radius 1 is 0.282 bits per heavy atom. The fourth-order valence-corrected chi connectivity index (χ4v) is 9.39. The van der Waals surface area contributed by atoms with E-state index < -0.39 is 6.10 Å². The highest BCUT2D eigenvalue weighted by atomic mass is 16.6. The van der Waals surface area contributed by atoms with Gasteiger partial charge < -0.3 is 14.2 Å². The third kappa shape index (κ3) is 58.4. The highest BCUT2D eigenvalue weighted by molar-refractivity contribution is 5.71. The van der Waals surface area contributed by atoms with E-state index in [2.05, 4.69) is 57.2 Å². The lowest BCUT2D eigenvalue weighted by molar-refractivity contribution is -0.167. The molecule has 0 fully saturated rings. The summed E-state index contributed by atoms with van der Waals surface area (Å²) in [5.41, 5.74) is 0. The molecule has 0 N–H and O–H groups in total. The first kappa shape index (κ1) is 68.6. The first-order chi connectivity index (χ1) is 35.0. The van der Waals surface area contributed by atoms with E-state index >= 15 is 0 Å². The van der Waals surface area contributed by atoms with Crippen molar-refractivity contribution in [2.24, 2.45) is 0 Å². The maximum atomic E-state index is 12.8. The number of ether oxygens (including phenoxy) is 3. The molecule has 6 heteroatoms. The van der Waals surface area contributed by atoms with Crippen LogP contribution in [0.2, 0.25) is 0 Å². The largest absolute Gasteiger partial charge is 0.462 e. The van der Waals surface area contributed by atoms with Gasteiger partial charge in [-0.2, -0.15) is 0 Å². The van der Waals surface area contributed by atoms with Gasteiger partial charge in [0.25, 0.3) is 0 Å². The van der Waals surface area contributed by atoms with Gasteiger partial charge in [-0.15, -0.1) is 0 Å². The van der Waals surface area contributed by atoms with Crippen molar-refractivity contribution in [2.75, 3.05) is 13.2 Å². The second-order valence-corrected chi connectivity index (χ2v) is 21.3. The number of carbonyl (C=O) groups is 3. The Bertz CT molecular complexity index is 1190. The van der Waals surface area contributed by atoms with Crippen LogP contribution in [0.15, 0.2) is 36.5 Å². The SMILES string of the molecule is CCCCCCC/C=C\C/C=C\C/C=C\CCCCCCCCCCCCCCCCCCC(=O)OCC(COC(=O)CCCCCCCCC)OC(=O)CCCCCCCCCCCCCCCCC. The number of allylic oxidation sites excluding steroid dienone is 6. The summed E-state index contributed by atoms with van der Waals surface area (Å²) in [5, 5.41) is 0. The molecular weight excluding hydrogens is 877 g/mol. The van der Waals surface area contributed by atoms with Crippen molar-refractivity contribution in [3.8, 4) is 0 Å². The highest BCUT2D eigenvalue weighted by Crippen LogP contribution is 2.17. The third-order valence-electron chi connectivity index (χ3n) is 14.1. The summed E-state index contributed by atoms with van der Waals surface area (Å²) >= 11 is 0. The summed E-state index contributed by atoms with van der Waals surface area (Å²) < 4.78 is 16.8. The number of rotatable bonds is 58. The molecule has 0 rings (SSSR count). The lowest BCUT2D eigenvalue weighted by Crippen LogP contribution is -2.30. The standard InChI is InChI=1S/C65H120O6/c1-4-7-10-13-16-18-20-22-24-25-26-27-28-29-30-31-32-33-34-35-36-37-38-39-41-42-44-46-49-52-55-58-64(67)70-61-62(60-69-63(66)57-54-51-48-15-12-9-6-3)71-65(68)59-56-53-50-47-45-43-40-23-21-19-17-14-11-8-5-2/h20,22,25-26,28-29,62H,4-19,21,23-24,27,30-61H2,1-3H3/b22-20-,26-25-,29-28-. The van der Waals surface area contributed by atoms with Crippen molar-refractivity contribution >= 4 is 17.9 Å². The Morgan fingerprint density at radius 3 is 0.789 bits per heavy atom. The highest BCUT2D eigenvalue weighted by Gasteiger charge is 2.19. The van der Waals surface area contributed by atoms with E-state index in [4.69, 9.17) is 14.2 Å². The molecule has 0 aliphatic carbocycles. The minimum atomic E-state index is -0.764. The molecule has 0 bridgehead atoms. The average molecular weight is 998 g/mol. The topological polar surface area (TPSA) is 78.9 Å². The zero-order valence-corrected chi connectivity index (χ0v) is 47.8. The number of carbonyl (C=O) groups excluding carboxylic acids is 3. The Morgan fingerprint density at radius 2 is 0.507 bits per heavy atom. The summed E-state index contributed by atoms with van der Waals surface area (Å²) in [5.74, 6) is -0.853. The van der Waals surface area contributed by atoms with Gasteiger partial charge in [-0.05, 0) is 57.8 Å². The Balaban J connectivity index is 4.00. The summed E-state index contributed by atoms with van der Waals surface area (Å²) in [4.78, 5) is 38.0. The zero-order chi connectivity index (χ0) is 51.4. The molecule has 0 aliphatic heterocycles. The molecule has 0 saturated carbocycles. The quantitative estimate of drug-likeness (QED) is 0.0261. The van der Waals surface area contributed by atoms with Crippen molar-refractivity contribution in [1.29, 1.82) is 0 Å². The smallest absolute Gasteiger partial charge is 0.306 e. The van der Waals surface area contributed by atoms with Gasteiger partial charge in [0.05, 0.1) is 0 Å². The Kier molecular flexibility index (Phi) is 58.2. The van der Waals surface area contributed by atoms with Gasteiger partial charge in [0, 0.05) is 19.3 Å². The van der Waals surface area contributed by atoms with Crippen LogP contribution in [0.25, 0.3) is 0 Å².